The molecule has 0 aromatic heterocycles. The van der Waals surface area contributed by atoms with Crippen LogP contribution in [0.25, 0.3) is 0 Å². The Kier molecular flexibility index (Phi) is 36.3. The average molecular weight is 769 g/mol. The van der Waals surface area contributed by atoms with Gasteiger partial charge in [-0.15, -0.1) is 0 Å². The molecule has 0 saturated carbocycles. The highest BCUT2D eigenvalue weighted by Crippen LogP contribution is 2.43. The molecule has 1 unspecified atom stereocenters. The molecular formula is C42H73O10P. The maximum atomic E-state index is 12.6. The first-order valence-corrected chi connectivity index (χ1v) is 21.8. The second-order valence-corrected chi connectivity index (χ2v) is 14.8. The number of hydrogen-bond donors (Lipinski definition) is 3. The van der Waals surface area contributed by atoms with Gasteiger partial charge in [-0.2, -0.15) is 0 Å². The highest BCUT2D eigenvalue weighted by Gasteiger charge is 2.27. The normalized spacial score (nSPS) is 14.6. The fourth-order valence-corrected chi connectivity index (χ4v) is 5.85. The van der Waals surface area contributed by atoms with Crippen molar-refractivity contribution in [1.82, 2.24) is 0 Å². The lowest BCUT2D eigenvalue weighted by Gasteiger charge is -2.20. The van der Waals surface area contributed by atoms with Gasteiger partial charge in [0, 0.05) is 12.8 Å². The van der Waals surface area contributed by atoms with E-state index < -0.39 is 51.8 Å². The minimum atomic E-state index is -4.62. The van der Waals surface area contributed by atoms with E-state index in [1.165, 1.54) is 25.7 Å². The van der Waals surface area contributed by atoms with Gasteiger partial charge in [0.1, 0.15) is 12.7 Å². The molecule has 0 aromatic rings. The van der Waals surface area contributed by atoms with Crippen molar-refractivity contribution in [1.29, 1.82) is 0 Å². The predicted octanol–water partition coefficient (Wildman–Crippen LogP) is 10.3. The maximum absolute atomic E-state index is 12.6. The Hall–Kier alpha value is -2.33. The second kappa shape index (κ2) is 38.0. The van der Waals surface area contributed by atoms with E-state index in [9.17, 15) is 24.2 Å². The number of rotatable bonds is 37. The molecule has 0 aliphatic heterocycles. The fraction of sp³-hybridized carbons (Fsp3) is 0.714. The van der Waals surface area contributed by atoms with E-state index in [1.54, 1.807) is 0 Å². The van der Waals surface area contributed by atoms with E-state index in [1.807, 2.05) is 0 Å². The molecule has 11 heteroatoms. The molecule has 53 heavy (non-hydrogen) atoms. The first-order valence-electron chi connectivity index (χ1n) is 20.3. The molecule has 3 N–H and O–H groups in total. The largest absolute Gasteiger partial charge is 0.472 e. The van der Waals surface area contributed by atoms with Gasteiger partial charge in [-0.05, 0) is 70.6 Å². The van der Waals surface area contributed by atoms with Crippen LogP contribution >= 0.6 is 7.82 Å². The molecule has 0 saturated heterocycles. The minimum Gasteiger partial charge on any atom is -0.462 e. The summed E-state index contributed by atoms with van der Waals surface area (Å²) in [6.45, 7) is 2.19. The van der Waals surface area contributed by atoms with Crippen LogP contribution in [-0.4, -0.2) is 65.7 Å². The van der Waals surface area contributed by atoms with Crippen LogP contribution in [0.4, 0.5) is 0 Å². The van der Waals surface area contributed by atoms with Gasteiger partial charge in [0.05, 0.1) is 19.8 Å². The number of aliphatic hydroxyl groups excluding tert-OH is 2. The highest BCUT2D eigenvalue weighted by atomic mass is 31.2. The van der Waals surface area contributed by atoms with Gasteiger partial charge >= 0.3 is 19.8 Å². The minimum absolute atomic E-state index is 0.160. The zero-order valence-electron chi connectivity index (χ0n) is 33.0. The number of allylic oxidation sites excluding steroid dienone is 10. The topological polar surface area (TPSA) is 149 Å². The summed E-state index contributed by atoms with van der Waals surface area (Å²) in [7, 11) is -4.62. The third kappa shape index (κ3) is 37.8. The van der Waals surface area contributed by atoms with Gasteiger partial charge in [-0.3, -0.25) is 18.6 Å². The summed E-state index contributed by atoms with van der Waals surface area (Å²) in [5, 5.41) is 18.3. The molecular weight excluding hydrogens is 695 g/mol. The molecule has 3 atom stereocenters. The third-order valence-electron chi connectivity index (χ3n) is 8.18. The second-order valence-electron chi connectivity index (χ2n) is 13.3. The Morgan fingerprint density at radius 2 is 1.09 bits per heavy atom. The van der Waals surface area contributed by atoms with Crippen molar-refractivity contribution in [2.45, 2.75) is 167 Å². The molecule has 0 radical (unpaired) electrons. The number of hydrogen-bond acceptors (Lipinski definition) is 9. The number of esters is 2. The van der Waals surface area contributed by atoms with E-state index in [-0.39, 0.29) is 19.4 Å². The van der Waals surface area contributed by atoms with Gasteiger partial charge in [0.25, 0.3) is 0 Å². The van der Waals surface area contributed by atoms with Crippen LogP contribution in [0.15, 0.2) is 60.8 Å². The maximum Gasteiger partial charge on any atom is 0.472 e. The molecule has 0 amide bonds. The van der Waals surface area contributed by atoms with Crippen LogP contribution in [0.2, 0.25) is 0 Å². The van der Waals surface area contributed by atoms with Crippen LogP contribution in [0, 0.1) is 0 Å². The third-order valence-corrected chi connectivity index (χ3v) is 9.13. The standard InChI is InChI=1S/C42H73O10P/c1-3-5-7-9-11-13-15-17-19-21-23-25-27-29-31-33-41(45)49-37-40(38-51-53(47,48)50-36-39(44)35-43)52-42(46)34-32-30-28-26-24-22-20-18-16-14-12-10-8-6-4-2/h5,7,11,13-14,16-20,39-40,43-44H,3-4,6,8-10,12,15,21-38H2,1-2H3,(H,47,48)/b7-5+,13-11+,16-14+,19-17+,20-18+/t39-,40+/m0/s1. The Bertz CT molecular complexity index is 1070. The van der Waals surface area contributed by atoms with E-state index in [0.29, 0.717) is 12.8 Å². The van der Waals surface area contributed by atoms with Gasteiger partial charge < -0.3 is 24.6 Å². The van der Waals surface area contributed by atoms with Crippen LogP contribution < -0.4 is 0 Å². The number of phosphoric acid groups is 1. The Labute approximate surface area is 321 Å². The van der Waals surface area contributed by atoms with Gasteiger partial charge in [0.15, 0.2) is 6.10 Å². The molecule has 306 valence electrons. The van der Waals surface area contributed by atoms with Crippen LogP contribution in [0.3, 0.4) is 0 Å². The lowest BCUT2D eigenvalue weighted by atomic mass is 10.1. The average Bonchev–Trinajstić information content (AvgIpc) is 3.14. The van der Waals surface area contributed by atoms with E-state index in [2.05, 4.69) is 79.1 Å². The monoisotopic (exact) mass is 768 g/mol. The summed E-state index contributed by atoms with van der Waals surface area (Å²) in [4.78, 5) is 34.9. The van der Waals surface area contributed by atoms with E-state index in [4.69, 9.17) is 19.1 Å². The first kappa shape index (κ1) is 50.7. The Morgan fingerprint density at radius 3 is 1.68 bits per heavy atom. The van der Waals surface area contributed by atoms with Gasteiger partial charge in [-0.25, -0.2) is 4.57 Å². The smallest absolute Gasteiger partial charge is 0.462 e. The molecule has 0 aromatic carbocycles. The molecule has 0 aliphatic carbocycles. The lowest BCUT2D eigenvalue weighted by molar-refractivity contribution is -0.161. The molecule has 10 nitrogen and oxygen atoms in total. The van der Waals surface area contributed by atoms with Crippen LogP contribution in [-0.2, 0) is 32.7 Å². The summed E-state index contributed by atoms with van der Waals surface area (Å²) in [6.07, 6.45) is 40.4. The van der Waals surface area contributed by atoms with Crippen molar-refractivity contribution >= 4 is 19.8 Å². The van der Waals surface area contributed by atoms with Crippen molar-refractivity contribution in [3.05, 3.63) is 60.8 Å². The number of ether oxygens (including phenoxy) is 2. The number of aliphatic hydroxyl groups is 2. The van der Waals surface area contributed by atoms with Gasteiger partial charge in [0.2, 0.25) is 0 Å². The molecule has 0 heterocycles. The van der Waals surface area contributed by atoms with Crippen LogP contribution in [0.1, 0.15) is 155 Å². The van der Waals surface area contributed by atoms with Gasteiger partial charge in [-0.1, -0.05) is 132 Å². The molecule has 0 fully saturated rings. The van der Waals surface area contributed by atoms with Crippen molar-refractivity contribution < 1.29 is 47.8 Å². The quantitative estimate of drug-likeness (QED) is 0.0183. The number of carbonyl (C=O) groups excluding carboxylic acids is 2. The fourth-order valence-electron chi connectivity index (χ4n) is 5.06. The Balaban J connectivity index is 4.41. The van der Waals surface area contributed by atoms with Crippen LogP contribution in [0.5, 0.6) is 0 Å². The van der Waals surface area contributed by atoms with E-state index in [0.717, 1.165) is 89.9 Å². The number of unbranched alkanes of at least 4 members (excludes halogenated alkanes) is 14. The molecule has 0 rings (SSSR count). The van der Waals surface area contributed by atoms with Crippen molar-refractivity contribution in [2.75, 3.05) is 26.4 Å². The Morgan fingerprint density at radius 1 is 0.604 bits per heavy atom. The first-order chi connectivity index (χ1) is 25.7. The van der Waals surface area contributed by atoms with Crippen molar-refractivity contribution in [3.8, 4) is 0 Å². The lowest BCUT2D eigenvalue weighted by Crippen LogP contribution is -2.29. The van der Waals surface area contributed by atoms with Crippen molar-refractivity contribution in [2.24, 2.45) is 0 Å². The zero-order chi connectivity index (χ0) is 39.1. The number of carbonyl (C=O) groups is 2. The van der Waals surface area contributed by atoms with Crippen molar-refractivity contribution in [3.63, 3.8) is 0 Å². The SMILES string of the molecule is CC/C=C/C/C=C/C/C=C/CCCCCCCC(=O)OC[C@H](COP(=O)(O)OC[C@@H](O)CO)OC(=O)CCCCCCC/C=C/C=C/CCCCCC. The molecule has 0 spiro atoms. The zero-order valence-corrected chi connectivity index (χ0v) is 33.9. The summed E-state index contributed by atoms with van der Waals surface area (Å²) >= 11 is 0. The summed E-state index contributed by atoms with van der Waals surface area (Å²) in [5.41, 5.74) is 0. The summed E-state index contributed by atoms with van der Waals surface area (Å²) in [5.74, 6) is -0.968. The predicted molar refractivity (Wildman–Crippen MR) is 214 cm³/mol. The molecule has 0 bridgehead atoms. The molecule has 0 aliphatic rings. The summed E-state index contributed by atoms with van der Waals surface area (Å²) in [6, 6.07) is 0. The number of phosphoric ester groups is 1. The van der Waals surface area contributed by atoms with E-state index >= 15 is 0 Å². The summed E-state index contributed by atoms with van der Waals surface area (Å²) < 4.78 is 32.6. The highest BCUT2D eigenvalue weighted by molar-refractivity contribution is 7.47.